The second-order valence-corrected chi connectivity index (χ2v) is 4.40. The van der Waals surface area contributed by atoms with Crippen molar-refractivity contribution in [3.8, 4) is 11.8 Å². The van der Waals surface area contributed by atoms with Gasteiger partial charge in [0.2, 0.25) is 10.0 Å². The minimum Gasteiger partial charge on any atom is -0.506 e. The second kappa shape index (κ2) is 4.14. The highest BCUT2D eigenvalue weighted by Gasteiger charge is 2.12. The van der Waals surface area contributed by atoms with Crippen LogP contribution in [0.2, 0.25) is 0 Å². The number of sulfonamides is 1. The number of aromatic hydroxyl groups is 1. The Kier molecular flexibility index (Phi) is 3.11. The van der Waals surface area contributed by atoms with E-state index in [4.69, 9.17) is 5.26 Å². The summed E-state index contributed by atoms with van der Waals surface area (Å²) in [4.78, 5) is 0. The molecule has 2 N–H and O–H groups in total. The minimum atomic E-state index is -3.86. The number of benzene rings is 1. The molecular weight excluding hydrogens is 223 g/mol. The lowest BCUT2D eigenvalue weighted by atomic mass is 10.3. The SMILES string of the molecule is N#CCS(=O)(=O)Nc1cc(F)ccc1O. The van der Waals surface area contributed by atoms with E-state index in [1.165, 1.54) is 6.07 Å². The summed E-state index contributed by atoms with van der Waals surface area (Å²) in [6.45, 7) is 0. The van der Waals surface area contributed by atoms with Crippen LogP contribution in [0.4, 0.5) is 10.1 Å². The Morgan fingerprint density at radius 1 is 1.53 bits per heavy atom. The third-order valence-electron chi connectivity index (χ3n) is 1.48. The lowest BCUT2D eigenvalue weighted by Crippen LogP contribution is -2.15. The van der Waals surface area contributed by atoms with Crippen molar-refractivity contribution < 1.29 is 17.9 Å². The van der Waals surface area contributed by atoms with Crippen LogP contribution in [0.5, 0.6) is 5.75 Å². The van der Waals surface area contributed by atoms with E-state index >= 15 is 0 Å². The predicted molar refractivity (Wildman–Crippen MR) is 51.1 cm³/mol. The zero-order valence-corrected chi connectivity index (χ0v) is 8.25. The highest BCUT2D eigenvalue weighted by atomic mass is 32.2. The maximum Gasteiger partial charge on any atom is 0.246 e. The molecule has 0 aliphatic heterocycles. The van der Waals surface area contributed by atoms with Gasteiger partial charge in [0.1, 0.15) is 11.6 Å². The van der Waals surface area contributed by atoms with Crippen LogP contribution >= 0.6 is 0 Å². The Hall–Kier alpha value is -1.81. The average molecular weight is 230 g/mol. The van der Waals surface area contributed by atoms with Gasteiger partial charge in [-0.25, -0.2) is 12.8 Å². The Labute approximate surface area is 85.8 Å². The van der Waals surface area contributed by atoms with Crippen LogP contribution in [-0.2, 0) is 10.0 Å². The van der Waals surface area contributed by atoms with E-state index in [1.807, 2.05) is 4.72 Å². The number of phenolic OH excluding ortho intramolecular Hbond substituents is 1. The summed E-state index contributed by atoms with van der Waals surface area (Å²) >= 11 is 0. The van der Waals surface area contributed by atoms with E-state index in [2.05, 4.69) is 0 Å². The van der Waals surface area contributed by atoms with Gasteiger partial charge in [-0.05, 0) is 12.1 Å². The number of halogens is 1. The van der Waals surface area contributed by atoms with Gasteiger partial charge in [0, 0.05) is 6.07 Å². The monoisotopic (exact) mass is 230 g/mol. The highest BCUT2D eigenvalue weighted by molar-refractivity contribution is 7.92. The first-order valence-corrected chi connectivity index (χ1v) is 5.46. The molecule has 5 nitrogen and oxygen atoms in total. The quantitative estimate of drug-likeness (QED) is 0.751. The van der Waals surface area contributed by atoms with Crippen molar-refractivity contribution in [3.63, 3.8) is 0 Å². The van der Waals surface area contributed by atoms with E-state index in [0.717, 1.165) is 18.2 Å². The molecule has 0 radical (unpaired) electrons. The summed E-state index contributed by atoms with van der Waals surface area (Å²) in [5.74, 6) is -1.86. The van der Waals surface area contributed by atoms with Crippen molar-refractivity contribution in [2.75, 3.05) is 10.5 Å². The molecule has 0 saturated carbocycles. The van der Waals surface area contributed by atoms with Crippen molar-refractivity contribution in [1.82, 2.24) is 0 Å². The number of nitrogens with one attached hydrogen (secondary N) is 1. The zero-order chi connectivity index (χ0) is 11.5. The number of anilines is 1. The van der Waals surface area contributed by atoms with Crippen molar-refractivity contribution >= 4 is 15.7 Å². The summed E-state index contributed by atoms with van der Waals surface area (Å²) in [5, 5.41) is 17.4. The summed E-state index contributed by atoms with van der Waals surface area (Å²) in [6, 6.07) is 4.26. The normalized spacial score (nSPS) is 10.7. The molecule has 0 fully saturated rings. The van der Waals surface area contributed by atoms with Crippen LogP contribution < -0.4 is 4.72 Å². The van der Waals surface area contributed by atoms with Gasteiger partial charge in [0.15, 0.2) is 5.75 Å². The Morgan fingerprint density at radius 2 is 2.20 bits per heavy atom. The Balaban J connectivity index is 3.00. The molecule has 0 bridgehead atoms. The smallest absolute Gasteiger partial charge is 0.246 e. The molecule has 1 rings (SSSR count). The van der Waals surface area contributed by atoms with Crippen molar-refractivity contribution in [2.24, 2.45) is 0 Å². The molecule has 0 heterocycles. The zero-order valence-electron chi connectivity index (χ0n) is 7.44. The molecule has 0 spiro atoms. The Bertz CT molecular complexity index is 507. The Morgan fingerprint density at radius 3 is 2.80 bits per heavy atom. The van der Waals surface area contributed by atoms with Gasteiger partial charge in [-0.2, -0.15) is 5.26 Å². The largest absolute Gasteiger partial charge is 0.506 e. The molecule has 0 saturated heterocycles. The fourth-order valence-corrected chi connectivity index (χ4v) is 1.62. The van der Waals surface area contributed by atoms with E-state index in [0.29, 0.717) is 0 Å². The van der Waals surface area contributed by atoms with Crippen LogP contribution in [0.3, 0.4) is 0 Å². The van der Waals surface area contributed by atoms with Crippen LogP contribution in [0.1, 0.15) is 0 Å². The van der Waals surface area contributed by atoms with E-state index in [-0.39, 0.29) is 5.69 Å². The van der Waals surface area contributed by atoms with E-state index < -0.39 is 27.3 Å². The fraction of sp³-hybridized carbons (Fsp3) is 0.125. The predicted octanol–water partition coefficient (Wildman–Crippen LogP) is 0.797. The highest BCUT2D eigenvalue weighted by Crippen LogP contribution is 2.24. The van der Waals surface area contributed by atoms with Gasteiger partial charge in [0.25, 0.3) is 0 Å². The number of hydrogen-bond donors (Lipinski definition) is 2. The molecule has 1 aromatic rings. The number of hydrogen-bond acceptors (Lipinski definition) is 4. The van der Waals surface area contributed by atoms with Gasteiger partial charge in [-0.1, -0.05) is 0 Å². The summed E-state index contributed by atoms with van der Waals surface area (Å²) in [6.07, 6.45) is 0. The van der Waals surface area contributed by atoms with Gasteiger partial charge in [0.05, 0.1) is 11.8 Å². The van der Waals surface area contributed by atoms with Crippen LogP contribution in [0.25, 0.3) is 0 Å². The number of nitriles is 1. The number of rotatable bonds is 3. The average Bonchev–Trinajstić information content (AvgIpc) is 2.10. The molecule has 0 aliphatic carbocycles. The van der Waals surface area contributed by atoms with Crippen molar-refractivity contribution in [1.29, 1.82) is 5.26 Å². The van der Waals surface area contributed by atoms with Crippen LogP contribution in [0, 0.1) is 17.1 Å². The molecule has 7 heteroatoms. The summed E-state index contributed by atoms with van der Waals surface area (Å²) < 4.78 is 36.8. The topological polar surface area (TPSA) is 90.2 Å². The first-order valence-electron chi connectivity index (χ1n) is 3.80. The molecule has 80 valence electrons. The number of nitrogens with zero attached hydrogens (tertiary/aromatic N) is 1. The molecule has 15 heavy (non-hydrogen) atoms. The van der Waals surface area contributed by atoms with Gasteiger partial charge in [-0.15, -0.1) is 0 Å². The lowest BCUT2D eigenvalue weighted by Gasteiger charge is -2.06. The first-order chi connectivity index (χ1) is 6.94. The summed E-state index contributed by atoms with van der Waals surface area (Å²) in [7, 11) is -3.86. The maximum atomic E-state index is 12.7. The van der Waals surface area contributed by atoms with Crippen molar-refractivity contribution in [2.45, 2.75) is 0 Å². The van der Waals surface area contributed by atoms with Crippen LogP contribution in [0.15, 0.2) is 18.2 Å². The third-order valence-corrected chi connectivity index (χ3v) is 2.52. The van der Waals surface area contributed by atoms with Crippen LogP contribution in [-0.4, -0.2) is 19.3 Å². The molecule has 1 aromatic carbocycles. The fourth-order valence-electron chi connectivity index (χ4n) is 0.879. The molecule has 0 unspecified atom stereocenters. The van der Waals surface area contributed by atoms with E-state index in [9.17, 15) is 17.9 Å². The second-order valence-electron chi connectivity index (χ2n) is 2.68. The standard InChI is InChI=1S/C8H7FN2O3S/c9-6-1-2-8(12)7(5-6)11-15(13,14)4-3-10/h1-2,5,11-12H,4H2. The third kappa shape index (κ3) is 3.11. The molecule has 0 aliphatic rings. The first kappa shape index (κ1) is 11.3. The van der Waals surface area contributed by atoms with E-state index in [1.54, 1.807) is 0 Å². The molecular formula is C8H7FN2O3S. The van der Waals surface area contributed by atoms with Gasteiger partial charge in [-0.3, -0.25) is 4.72 Å². The number of phenols is 1. The lowest BCUT2D eigenvalue weighted by molar-refractivity contribution is 0.475. The molecule has 0 amide bonds. The van der Waals surface area contributed by atoms with Gasteiger partial charge >= 0.3 is 0 Å². The minimum absolute atomic E-state index is 0.287. The molecule has 0 aromatic heterocycles. The maximum absolute atomic E-state index is 12.7. The summed E-state index contributed by atoms with van der Waals surface area (Å²) in [5.41, 5.74) is -0.287. The van der Waals surface area contributed by atoms with Crippen molar-refractivity contribution in [3.05, 3.63) is 24.0 Å². The van der Waals surface area contributed by atoms with Gasteiger partial charge < -0.3 is 5.11 Å². The molecule has 0 atom stereocenters.